The number of carbonyl (C=O) groups is 10. The first-order chi connectivity index (χ1) is 24.6. The Morgan fingerprint density at radius 2 is 0.270 bits per heavy atom. The minimum Gasteiger partial charge on any atom is -0.813 e. The van der Waals surface area contributed by atoms with Gasteiger partial charge in [0.1, 0.15) is 0 Å². The summed E-state index contributed by atoms with van der Waals surface area (Å²) in [4.78, 5) is 107. The van der Waals surface area contributed by atoms with Crippen LogP contribution in [0.4, 0.5) is 47.9 Å². The van der Waals surface area contributed by atoms with Crippen LogP contribution >= 0.6 is 0 Å². The van der Waals surface area contributed by atoms with Gasteiger partial charge in [-0.15, -0.1) is 0 Å². The maximum Gasteiger partial charge on any atom is 0.234 e. The minimum atomic E-state index is -0.412. The number of hydrogen-bond acceptors (Lipinski definition) is 36. The van der Waals surface area contributed by atoms with Crippen LogP contribution in [0.3, 0.4) is 0 Å². The Morgan fingerprint density at radius 3 is 0.270 bits per heavy atom. The minimum absolute atomic E-state index is 0. The summed E-state index contributed by atoms with van der Waals surface area (Å²) in [5, 5.41) is 17.9. The third kappa shape index (κ3) is 597. The van der Waals surface area contributed by atoms with Crippen LogP contribution in [0.15, 0.2) is 4.99 Å². The fraction of sp³-hybridized carbons (Fsp3) is 0.500. The summed E-state index contributed by atoms with van der Waals surface area (Å²) >= 11 is 40.3. The summed E-state index contributed by atoms with van der Waals surface area (Å²) in [5.41, 5.74) is 0. The maximum absolute atomic E-state index is 9.52. The Labute approximate surface area is 743 Å². The van der Waals surface area contributed by atoms with E-state index in [1.807, 2.05) is 0 Å². The zero-order valence-electron chi connectivity index (χ0n) is 40.2. The van der Waals surface area contributed by atoms with Crippen molar-refractivity contribution < 1.29 is 249 Å². The van der Waals surface area contributed by atoms with E-state index in [9.17, 15) is 47.9 Å². The molecular weight excluding hydrogens is 1900 g/mol. The molecule has 6 radical (unpaired) electrons. The molecule has 74 heavy (non-hydrogen) atoms. The van der Waals surface area contributed by atoms with Gasteiger partial charge in [-0.2, -0.15) is 0 Å². The van der Waals surface area contributed by atoms with Gasteiger partial charge < -0.3 is 416 Å². The third-order valence-electron chi connectivity index (χ3n) is 2.13. The van der Waals surface area contributed by atoms with E-state index in [1.165, 1.54) is 83.6 Å². The van der Waals surface area contributed by atoms with Gasteiger partial charge in [0.25, 0.3) is 0 Å². The van der Waals surface area contributed by atoms with E-state index < -0.39 is 52.4 Å². The molecule has 0 aliphatic rings. The standard InChI is InChI=1S/10C2H5NOS.C2H3NO.14H2S.6Y/c10*1-3-2(4)5;1-3-2-4;;;;;;;;;;;;;;;;;;;;/h10*1H3,(H2,3,4,5);1H3;14*1H2;;;;;;/p-24. The van der Waals surface area contributed by atoms with Crippen LogP contribution in [-0.4, -0.2) is 136 Å². The van der Waals surface area contributed by atoms with E-state index in [2.05, 4.69) is 184 Å². The summed E-state index contributed by atoms with van der Waals surface area (Å²) in [6, 6.07) is 0. The van der Waals surface area contributed by atoms with E-state index in [-0.39, 0.29) is 385 Å². The van der Waals surface area contributed by atoms with Gasteiger partial charge in [-0.1, -0.05) is 0 Å². The van der Waals surface area contributed by atoms with Crippen LogP contribution in [0.2, 0.25) is 0 Å². The number of isocyanates is 1. The quantitative estimate of drug-likeness (QED) is 0.0470. The van der Waals surface area contributed by atoms with Crippen molar-refractivity contribution in [2.75, 3.05) is 77.5 Å². The van der Waals surface area contributed by atoms with Crippen molar-refractivity contribution in [3.63, 3.8) is 0 Å². The van der Waals surface area contributed by atoms with Crippen molar-refractivity contribution >= 4 is 374 Å². The Morgan fingerprint density at radius 1 is 0.243 bits per heavy atom. The number of nitrogens with one attached hydrogen (secondary N) is 10. The molecule has 0 aliphatic heterocycles. The second-order valence-electron chi connectivity index (χ2n) is 5.69. The largest absolute Gasteiger partial charge is 0.813 e. The number of aliphatic imine (C=N–C) groups is 1. The molecule has 0 rings (SSSR count). The Kier molecular flexibility index (Phi) is 580. The number of amides is 10. The third-order valence-corrected chi connectivity index (χ3v) is 4.17. The van der Waals surface area contributed by atoms with Gasteiger partial charge in [-0.3, -0.25) is 0 Å². The molecule has 0 saturated carbocycles. The van der Waals surface area contributed by atoms with Crippen LogP contribution in [0.1, 0.15) is 0 Å². The molecule has 0 spiro atoms. The van der Waals surface area contributed by atoms with Gasteiger partial charge in [0.2, 0.25) is 6.08 Å². The first-order valence-electron chi connectivity index (χ1n) is 12.5. The maximum atomic E-state index is 9.52. The summed E-state index contributed by atoms with van der Waals surface area (Å²) in [6.07, 6.45) is 1.31. The summed E-state index contributed by atoms with van der Waals surface area (Å²) in [6.45, 7) is 0. The predicted octanol–water partition coefficient (Wildman–Crippen LogP) is -5.12. The fourth-order valence-corrected chi connectivity index (χ4v) is 0. The smallest absolute Gasteiger partial charge is 0.234 e. The zero-order chi connectivity index (χ0) is 46.3. The molecule has 10 amide bonds. The van der Waals surface area contributed by atoms with Gasteiger partial charge >= 0.3 is 0 Å². The Balaban J connectivity index is -0.00000000923. The number of thiol groups is 14. The van der Waals surface area contributed by atoms with Crippen molar-refractivity contribution in [3.05, 3.63) is 0 Å². The van der Waals surface area contributed by atoms with E-state index in [0.29, 0.717) is 0 Å². The molecule has 0 unspecified atom stereocenters. The number of hydrogen-bond donors (Lipinski definition) is 10. The second-order valence-corrected chi connectivity index (χ2v) is 9.40. The molecule has 0 saturated heterocycles. The molecule has 0 heterocycles. The monoisotopic (exact) mass is 1950 g/mol. The Hall–Kier alpha value is 7.80. The van der Waals surface area contributed by atoms with Gasteiger partial charge in [-0.05, 0) is 0 Å². The SMILES string of the molecule is CN=C=O.CNC(=O)[S-].CNC(=O)[S-].CNC(=O)[S-].CNC(=O)[S-].CNC(=O)[S-].CNC(=O)[S-].CNC(=O)[S-].CNC(=O)[S-].CNC(=O)[S-].CNC(=O)[S-].[SH-].[SH-].[SH-].[SH-].[SH-].[SH-].[SH-].[SH-].[SH-].[SH-].[SH-].[SH-].[SH-].[SH-].[Y].[Y].[Y].[Y].[Y].[Y]. The number of carbonyl (C=O) groups excluding carboxylic acids is 11. The van der Waals surface area contributed by atoms with Crippen LogP contribution in [0.25, 0.3) is 0 Å². The second kappa shape index (κ2) is 207. The molecule has 0 atom stereocenters. The normalized spacial score (nSPS) is 4.69. The van der Waals surface area contributed by atoms with Crippen molar-refractivity contribution in [3.8, 4) is 0 Å². The molecule has 452 valence electrons. The molecule has 10 N–H and O–H groups in total. The van der Waals surface area contributed by atoms with E-state index in [4.69, 9.17) is 4.79 Å². The first kappa shape index (κ1) is 207. The summed E-state index contributed by atoms with van der Waals surface area (Å²) in [5.74, 6) is 0. The van der Waals surface area contributed by atoms with Crippen molar-refractivity contribution in [2.24, 2.45) is 4.99 Å². The van der Waals surface area contributed by atoms with Gasteiger partial charge in [0.05, 0.1) is 52.4 Å². The molecule has 0 aromatic rings. The predicted molar refractivity (Wildman–Crippen MR) is 355 cm³/mol. The van der Waals surface area contributed by atoms with Crippen LogP contribution < -0.4 is 53.2 Å². The molecule has 0 fully saturated rings. The molecule has 22 nitrogen and oxygen atoms in total. The Bertz CT molecular complexity index is 858. The van der Waals surface area contributed by atoms with Crippen LogP contribution in [0.5, 0.6) is 0 Å². The van der Waals surface area contributed by atoms with Gasteiger partial charge in [0.15, 0.2) is 0 Å². The van der Waals surface area contributed by atoms with Crippen LogP contribution in [0, 0.1) is 0 Å². The zero-order valence-corrected chi connectivity index (χ0v) is 78.0. The number of nitrogens with zero attached hydrogens (tertiary/aromatic N) is 1. The number of rotatable bonds is 0. The van der Waals surface area contributed by atoms with Crippen molar-refractivity contribution in [1.29, 1.82) is 0 Å². The average molecular weight is 1950 g/mol. The van der Waals surface area contributed by atoms with Crippen molar-refractivity contribution in [1.82, 2.24) is 53.2 Å². The van der Waals surface area contributed by atoms with Crippen molar-refractivity contribution in [2.45, 2.75) is 0 Å². The van der Waals surface area contributed by atoms with E-state index in [0.717, 1.165) is 0 Å². The topological polar surface area (TPSA) is 320 Å². The molecule has 0 aromatic heterocycles. The van der Waals surface area contributed by atoms with E-state index in [1.54, 1.807) is 0 Å². The van der Waals surface area contributed by atoms with Gasteiger partial charge in [0, 0.05) is 274 Å². The van der Waals surface area contributed by atoms with Gasteiger partial charge in [-0.25, -0.2) is 9.79 Å². The van der Waals surface area contributed by atoms with E-state index >= 15 is 0 Å². The summed E-state index contributed by atoms with van der Waals surface area (Å²) < 4.78 is 0. The molecule has 0 bridgehead atoms. The molecule has 52 heteroatoms. The first-order valence-corrected chi connectivity index (χ1v) is 16.5. The molecule has 0 aromatic carbocycles. The summed E-state index contributed by atoms with van der Waals surface area (Å²) in [7, 11) is 16.3. The average Bonchev–Trinajstić information content (AvgIpc) is 3.13. The fourth-order valence-electron chi connectivity index (χ4n) is 0. The van der Waals surface area contributed by atoms with Crippen LogP contribution in [-0.2, 0) is 516 Å². The molecule has 0 aliphatic carbocycles. The molecular formula is C22H57N11O11S24Y6-24.